The van der Waals surface area contributed by atoms with Gasteiger partial charge in [-0.05, 0) is 49.1 Å². The normalized spacial score (nSPS) is 25.0. The summed E-state index contributed by atoms with van der Waals surface area (Å²) in [5.74, 6) is 7.27. The van der Waals surface area contributed by atoms with Gasteiger partial charge >= 0.3 is 0 Å². The van der Waals surface area contributed by atoms with E-state index in [1.165, 1.54) is 6.42 Å². The monoisotopic (exact) mass is 306 g/mol. The van der Waals surface area contributed by atoms with E-state index >= 15 is 0 Å². The number of nitrogens with one attached hydrogen (secondary N) is 1. The summed E-state index contributed by atoms with van der Waals surface area (Å²) in [6, 6.07) is 13.4. The summed E-state index contributed by atoms with van der Waals surface area (Å²) in [6.45, 7) is 3.23. The van der Waals surface area contributed by atoms with Crippen LogP contribution in [0, 0.1) is 17.8 Å². The average Bonchev–Trinajstić information content (AvgIpc) is 3.30. The van der Waals surface area contributed by atoms with Crippen molar-refractivity contribution in [2.24, 2.45) is 5.92 Å². The lowest BCUT2D eigenvalue weighted by atomic mass is 10.00. The minimum atomic E-state index is -0.142. The molecule has 116 valence electrons. The van der Waals surface area contributed by atoms with Crippen LogP contribution >= 0.6 is 0 Å². The highest BCUT2D eigenvalue weighted by Crippen LogP contribution is 2.27. The zero-order valence-corrected chi connectivity index (χ0v) is 12.8. The van der Waals surface area contributed by atoms with Gasteiger partial charge in [-0.1, -0.05) is 24.1 Å². The summed E-state index contributed by atoms with van der Waals surface area (Å²) in [5, 5.41) is 3.09. The molecule has 1 aromatic carbocycles. The smallest absolute Gasteiger partial charge is 0.287 e. The van der Waals surface area contributed by atoms with Gasteiger partial charge in [-0.15, -0.1) is 0 Å². The van der Waals surface area contributed by atoms with Crippen molar-refractivity contribution in [1.82, 2.24) is 10.2 Å². The van der Waals surface area contributed by atoms with Crippen molar-refractivity contribution in [1.29, 1.82) is 0 Å². The van der Waals surface area contributed by atoms with Gasteiger partial charge in [0.05, 0.1) is 0 Å². The molecule has 1 N–H and O–H groups in total. The average molecular weight is 306 g/mol. The number of fused-ring (bicyclic) bond motifs is 2. The molecule has 3 atom stereocenters. The maximum absolute atomic E-state index is 12.3. The molecule has 2 fully saturated rings. The molecule has 0 aliphatic carbocycles. The summed E-state index contributed by atoms with van der Waals surface area (Å²) in [4.78, 5) is 14.7. The van der Waals surface area contributed by atoms with E-state index in [-0.39, 0.29) is 11.9 Å². The molecule has 0 radical (unpaired) electrons. The lowest BCUT2D eigenvalue weighted by Gasteiger charge is -2.22. The van der Waals surface area contributed by atoms with Crippen LogP contribution < -0.4 is 5.32 Å². The molecule has 3 unspecified atom stereocenters. The van der Waals surface area contributed by atoms with Gasteiger partial charge in [0.2, 0.25) is 0 Å². The van der Waals surface area contributed by atoms with Crippen molar-refractivity contribution in [3.8, 4) is 11.8 Å². The number of rotatable bonds is 2. The van der Waals surface area contributed by atoms with Gasteiger partial charge in [-0.2, -0.15) is 0 Å². The fourth-order valence-corrected chi connectivity index (χ4v) is 3.37. The Morgan fingerprint density at radius 1 is 1.13 bits per heavy atom. The van der Waals surface area contributed by atoms with Crippen LogP contribution in [0.3, 0.4) is 0 Å². The molecule has 2 saturated heterocycles. The van der Waals surface area contributed by atoms with Crippen LogP contribution in [-0.4, -0.2) is 36.5 Å². The number of carbonyl (C=O) groups is 1. The largest absolute Gasteiger partial charge is 0.443 e. The SMILES string of the molecule is O=C(NC1CN2CCC1C2)c1ccc(C#Cc2ccccc2)o1. The molecule has 1 aromatic heterocycles. The number of hydrogen-bond acceptors (Lipinski definition) is 3. The molecule has 0 spiro atoms. The van der Waals surface area contributed by atoms with Crippen molar-refractivity contribution in [3.63, 3.8) is 0 Å². The lowest BCUT2D eigenvalue weighted by molar-refractivity contribution is 0.0895. The first-order chi connectivity index (χ1) is 11.3. The zero-order chi connectivity index (χ0) is 15.6. The Morgan fingerprint density at radius 2 is 2.00 bits per heavy atom. The third kappa shape index (κ3) is 3.01. The summed E-state index contributed by atoms with van der Waals surface area (Å²) in [5.41, 5.74) is 0.922. The van der Waals surface area contributed by atoms with Crippen molar-refractivity contribution in [2.75, 3.05) is 19.6 Å². The van der Waals surface area contributed by atoms with E-state index in [0.29, 0.717) is 17.4 Å². The second-order valence-corrected chi connectivity index (χ2v) is 6.17. The Bertz CT molecular complexity index is 769. The minimum Gasteiger partial charge on any atom is -0.443 e. The molecule has 2 aliphatic heterocycles. The van der Waals surface area contributed by atoms with E-state index in [1.54, 1.807) is 12.1 Å². The van der Waals surface area contributed by atoms with Gasteiger partial charge < -0.3 is 14.6 Å². The number of benzene rings is 1. The topological polar surface area (TPSA) is 45.5 Å². The summed E-state index contributed by atoms with van der Waals surface area (Å²) in [7, 11) is 0. The molecule has 4 heteroatoms. The first-order valence-electron chi connectivity index (χ1n) is 7.98. The Hall–Kier alpha value is -2.51. The van der Waals surface area contributed by atoms with E-state index in [1.807, 2.05) is 30.3 Å². The molecule has 23 heavy (non-hydrogen) atoms. The molecule has 2 bridgehead atoms. The summed E-state index contributed by atoms with van der Waals surface area (Å²) in [6.07, 6.45) is 1.18. The highest BCUT2D eigenvalue weighted by atomic mass is 16.3. The highest BCUT2D eigenvalue weighted by molar-refractivity contribution is 5.91. The third-order valence-electron chi connectivity index (χ3n) is 4.58. The Morgan fingerprint density at radius 3 is 2.74 bits per heavy atom. The van der Waals surface area contributed by atoms with Gasteiger partial charge in [-0.25, -0.2) is 0 Å². The van der Waals surface area contributed by atoms with Crippen LogP contribution in [0.25, 0.3) is 0 Å². The van der Waals surface area contributed by atoms with Crippen molar-refractivity contribution < 1.29 is 9.21 Å². The number of nitrogens with zero attached hydrogens (tertiary/aromatic N) is 1. The van der Waals surface area contributed by atoms with Gasteiger partial charge in [0.25, 0.3) is 5.91 Å². The van der Waals surface area contributed by atoms with Crippen LogP contribution in [-0.2, 0) is 0 Å². The van der Waals surface area contributed by atoms with Crippen LogP contribution in [0.15, 0.2) is 46.9 Å². The molecule has 0 saturated carbocycles. The van der Waals surface area contributed by atoms with Crippen LogP contribution in [0.4, 0.5) is 0 Å². The first-order valence-corrected chi connectivity index (χ1v) is 7.98. The van der Waals surface area contributed by atoms with Crippen LogP contribution in [0.2, 0.25) is 0 Å². The maximum atomic E-state index is 12.3. The predicted octanol–water partition coefficient (Wildman–Crippen LogP) is 2.11. The van der Waals surface area contributed by atoms with Gasteiger partial charge in [-0.3, -0.25) is 4.79 Å². The van der Waals surface area contributed by atoms with E-state index in [4.69, 9.17) is 4.42 Å². The van der Waals surface area contributed by atoms with E-state index < -0.39 is 0 Å². The molecular weight excluding hydrogens is 288 g/mol. The fraction of sp³-hybridized carbons (Fsp3) is 0.316. The van der Waals surface area contributed by atoms with E-state index in [9.17, 15) is 4.79 Å². The van der Waals surface area contributed by atoms with Gasteiger partial charge in [0, 0.05) is 24.7 Å². The number of amides is 1. The number of furan rings is 1. The Kier molecular flexibility index (Phi) is 3.64. The number of hydrogen-bond donors (Lipinski definition) is 1. The highest BCUT2D eigenvalue weighted by Gasteiger charge is 2.38. The molecule has 4 rings (SSSR count). The maximum Gasteiger partial charge on any atom is 0.287 e. The zero-order valence-electron chi connectivity index (χ0n) is 12.8. The number of piperidine rings is 1. The van der Waals surface area contributed by atoms with Gasteiger partial charge in [0.15, 0.2) is 11.5 Å². The third-order valence-corrected chi connectivity index (χ3v) is 4.58. The molecular formula is C19H18N2O2. The Labute approximate surface area is 135 Å². The van der Waals surface area contributed by atoms with Gasteiger partial charge in [0.1, 0.15) is 0 Å². The molecule has 2 aromatic rings. The van der Waals surface area contributed by atoms with Crippen molar-refractivity contribution in [3.05, 3.63) is 59.5 Å². The second-order valence-electron chi connectivity index (χ2n) is 6.17. The van der Waals surface area contributed by atoms with Crippen molar-refractivity contribution in [2.45, 2.75) is 12.5 Å². The molecule has 3 heterocycles. The lowest BCUT2D eigenvalue weighted by Crippen LogP contribution is -2.43. The van der Waals surface area contributed by atoms with E-state index in [2.05, 4.69) is 22.1 Å². The molecule has 2 aliphatic rings. The minimum absolute atomic E-state index is 0.142. The summed E-state index contributed by atoms with van der Waals surface area (Å²) >= 11 is 0. The van der Waals surface area contributed by atoms with Crippen molar-refractivity contribution >= 4 is 5.91 Å². The fourth-order valence-electron chi connectivity index (χ4n) is 3.37. The molecule has 1 amide bonds. The van der Waals surface area contributed by atoms with Crippen LogP contribution in [0.1, 0.15) is 28.3 Å². The van der Waals surface area contributed by atoms with Crippen LogP contribution in [0.5, 0.6) is 0 Å². The predicted molar refractivity (Wildman–Crippen MR) is 86.9 cm³/mol. The Balaban J connectivity index is 1.41. The molecule has 4 nitrogen and oxygen atoms in total. The first kappa shape index (κ1) is 14.1. The quantitative estimate of drug-likeness (QED) is 0.865. The standard InChI is InChI=1S/C19H18N2O2/c22-19(20-17-13-21-11-10-15(17)12-21)18-9-8-16(23-18)7-6-14-4-2-1-3-5-14/h1-5,8-9,15,17H,10-13H2,(H,20,22). The second kappa shape index (κ2) is 5.94. The summed E-state index contributed by atoms with van der Waals surface area (Å²) < 4.78 is 5.56. The number of carbonyl (C=O) groups excluding carboxylic acids is 1. The van der Waals surface area contributed by atoms with E-state index in [0.717, 1.165) is 25.2 Å².